The molecule has 0 aromatic heterocycles. The van der Waals surface area contributed by atoms with Gasteiger partial charge in [0.15, 0.2) is 11.5 Å². The fraction of sp³-hybridized carbons (Fsp3) is 0.381. The molecule has 5 heteroatoms. The monoisotopic (exact) mass is 357 g/mol. The Kier molecular flexibility index (Phi) is 7.33. The molecule has 0 aliphatic heterocycles. The van der Waals surface area contributed by atoms with Gasteiger partial charge in [-0.25, -0.2) is 0 Å². The second-order valence-corrected chi connectivity index (χ2v) is 6.02. The number of nitrogens with one attached hydrogen (secondary N) is 1. The molecule has 1 amide bonds. The van der Waals surface area contributed by atoms with Crippen LogP contribution in [0, 0.1) is 0 Å². The lowest BCUT2D eigenvalue weighted by atomic mass is 10.1. The van der Waals surface area contributed by atoms with Gasteiger partial charge in [0.25, 0.3) is 5.91 Å². The third-order valence-corrected chi connectivity index (χ3v) is 3.55. The molecule has 0 unspecified atom stereocenters. The number of hydrogen-bond acceptors (Lipinski definition) is 4. The summed E-state index contributed by atoms with van der Waals surface area (Å²) in [4.78, 5) is 12.4. The molecule has 0 heterocycles. The van der Waals surface area contributed by atoms with Gasteiger partial charge in [-0.1, -0.05) is 12.1 Å². The maximum Gasteiger partial charge on any atom is 0.251 e. The van der Waals surface area contributed by atoms with Crippen LogP contribution >= 0.6 is 0 Å². The van der Waals surface area contributed by atoms with E-state index in [0.717, 1.165) is 11.3 Å². The molecule has 5 nitrogen and oxygen atoms in total. The lowest BCUT2D eigenvalue weighted by Gasteiger charge is -2.13. The van der Waals surface area contributed by atoms with Gasteiger partial charge in [0, 0.05) is 12.1 Å². The molecule has 2 rings (SSSR count). The molecular formula is C21H27NO4. The van der Waals surface area contributed by atoms with Crippen LogP contribution in [-0.4, -0.2) is 25.2 Å². The third-order valence-electron chi connectivity index (χ3n) is 3.55. The summed E-state index contributed by atoms with van der Waals surface area (Å²) in [6.45, 7) is 9.28. The fourth-order valence-corrected chi connectivity index (χ4v) is 2.43. The first-order valence-electron chi connectivity index (χ1n) is 8.96. The predicted octanol–water partition coefficient (Wildman–Crippen LogP) is 4.20. The van der Waals surface area contributed by atoms with E-state index in [0.29, 0.717) is 36.8 Å². The molecule has 0 fully saturated rings. The predicted molar refractivity (Wildman–Crippen MR) is 102 cm³/mol. The third kappa shape index (κ3) is 5.69. The van der Waals surface area contributed by atoms with Gasteiger partial charge in [-0.3, -0.25) is 4.79 Å². The van der Waals surface area contributed by atoms with E-state index in [2.05, 4.69) is 5.32 Å². The number of carbonyl (C=O) groups excluding carboxylic acids is 1. The molecule has 140 valence electrons. The lowest BCUT2D eigenvalue weighted by Crippen LogP contribution is -2.22. The van der Waals surface area contributed by atoms with Crippen molar-refractivity contribution in [3.05, 3.63) is 53.6 Å². The Morgan fingerprint density at radius 2 is 1.62 bits per heavy atom. The first kappa shape index (κ1) is 19.6. The van der Waals surface area contributed by atoms with Gasteiger partial charge in [-0.2, -0.15) is 0 Å². The molecule has 0 radical (unpaired) electrons. The summed E-state index contributed by atoms with van der Waals surface area (Å²) in [5, 5.41) is 2.92. The van der Waals surface area contributed by atoms with Crippen molar-refractivity contribution < 1.29 is 19.0 Å². The Hall–Kier alpha value is -2.69. The molecular weight excluding hydrogens is 330 g/mol. The molecule has 0 atom stereocenters. The Morgan fingerprint density at radius 3 is 2.23 bits per heavy atom. The van der Waals surface area contributed by atoms with Crippen LogP contribution in [0.2, 0.25) is 0 Å². The molecule has 0 aliphatic carbocycles. The van der Waals surface area contributed by atoms with Gasteiger partial charge in [-0.05, 0) is 63.6 Å². The molecule has 1 N–H and O–H groups in total. The molecule has 2 aromatic rings. The van der Waals surface area contributed by atoms with Crippen molar-refractivity contribution in [1.29, 1.82) is 0 Å². The first-order chi connectivity index (χ1) is 12.5. The van der Waals surface area contributed by atoms with Gasteiger partial charge in [0.1, 0.15) is 5.75 Å². The van der Waals surface area contributed by atoms with E-state index in [1.165, 1.54) is 0 Å². The number of rotatable bonds is 9. The van der Waals surface area contributed by atoms with E-state index < -0.39 is 0 Å². The van der Waals surface area contributed by atoms with Crippen molar-refractivity contribution in [3.63, 3.8) is 0 Å². The SMILES string of the molecule is CCOc1ccc(C(=O)NCc2ccc(OC(C)C)cc2)cc1OCC. The summed E-state index contributed by atoms with van der Waals surface area (Å²) in [5.74, 6) is 1.89. The standard InChI is InChI=1S/C21H27NO4/c1-5-24-19-12-9-17(13-20(19)25-6-2)21(23)22-14-16-7-10-18(11-8-16)26-15(3)4/h7-13,15H,5-6,14H2,1-4H3,(H,22,23). The average Bonchev–Trinajstić information content (AvgIpc) is 2.62. The molecule has 0 aliphatic rings. The van der Waals surface area contributed by atoms with Crippen LogP contribution in [0.5, 0.6) is 17.2 Å². The lowest BCUT2D eigenvalue weighted by molar-refractivity contribution is 0.0950. The topological polar surface area (TPSA) is 56.8 Å². The minimum Gasteiger partial charge on any atom is -0.491 e. The number of carbonyl (C=O) groups is 1. The Bertz CT molecular complexity index is 710. The fourth-order valence-electron chi connectivity index (χ4n) is 2.43. The molecule has 0 spiro atoms. The van der Waals surface area contributed by atoms with E-state index in [1.807, 2.05) is 52.0 Å². The minimum atomic E-state index is -0.156. The van der Waals surface area contributed by atoms with E-state index in [9.17, 15) is 4.79 Å². The zero-order valence-electron chi connectivity index (χ0n) is 15.9. The Labute approximate surface area is 155 Å². The van der Waals surface area contributed by atoms with Gasteiger partial charge < -0.3 is 19.5 Å². The Morgan fingerprint density at radius 1 is 0.962 bits per heavy atom. The maximum absolute atomic E-state index is 12.4. The molecule has 2 aromatic carbocycles. The van der Waals surface area contributed by atoms with Crippen LogP contribution in [0.4, 0.5) is 0 Å². The van der Waals surface area contributed by atoms with Crippen LogP contribution in [0.1, 0.15) is 43.6 Å². The van der Waals surface area contributed by atoms with E-state index in [4.69, 9.17) is 14.2 Å². The van der Waals surface area contributed by atoms with Gasteiger partial charge in [0.2, 0.25) is 0 Å². The number of ether oxygens (including phenoxy) is 3. The van der Waals surface area contributed by atoms with Crippen LogP contribution < -0.4 is 19.5 Å². The quantitative estimate of drug-likeness (QED) is 0.731. The zero-order chi connectivity index (χ0) is 18.9. The zero-order valence-corrected chi connectivity index (χ0v) is 15.9. The largest absolute Gasteiger partial charge is 0.491 e. The highest BCUT2D eigenvalue weighted by Crippen LogP contribution is 2.28. The maximum atomic E-state index is 12.4. The summed E-state index contributed by atoms with van der Waals surface area (Å²) < 4.78 is 16.7. The van der Waals surface area contributed by atoms with Crippen LogP contribution in [-0.2, 0) is 6.54 Å². The van der Waals surface area contributed by atoms with Crippen molar-refractivity contribution in [2.75, 3.05) is 13.2 Å². The molecule has 0 saturated carbocycles. The minimum absolute atomic E-state index is 0.139. The van der Waals surface area contributed by atoms with E-state index >= 15 is 0 Å². The van der Waals surface area contributed by atoms with Crippen molar-refractivity contribution in [3.8, 4) is 17.2 Å². The van der Waals surface area contributed by atoms with E-state index in [1.54, 1.807) is 18.2 Å². The summed E-state index contributed by atoms with van der Waals surface area (Å²) in [6, 6.07) is 12.9. The van der Waals surface area contributed by atoms with Crippen molar-refractivity contribution >= 4 is 5.91 Å². The highest BCUT2D eigenvalue weighted by molar-refractivity contribution is 5.94. The second kappa shape index (κ2) is 9.70. The number of amides is 1. The second-order valence-electron chi connectivity index (χ2n) is 6.02. The van der Waals surface area contributed by atoms with Gasteiger partial charge in [0.05, 0.1) is 19.3 Å². The first-order valence-corrected chi connectivity index (χ1v) is 8.96. The highest BCUT2D eigenvalue weighted by Gasteiger charge is 2.11. The van der Waals surface area contributed by atoms with Crippen molar-refractivity contribution in [2.45, 2.75) is 40.3 Å². The van der Waals surface area contributed by atoms with Gasteiger partial charge >= 0.3 is 0 Å². The molecule has 26 heavy (non-hydrogen) atoms. The summed E-state index contributed by atoms with van der Waals surface area (Å²) in [5.41, 5.74) is 1.54. The van der Waals surface area contributed by atoms with Crippen molar-refractivity contribution in [2.24, 2.45) is 0 Å². The van der Waals surface area contributed by atoms with Crippen LogP contribution in [0.25, 0.3) is 0 Å². The normalized spacial score (nSPS) is 10.5. The summed E-state index contributed by atoms with van der Waals surface area (Å²) in [7, 11) is 0. The Balaban J connectivity index is 1.99. The summed E-state index contributed by atoms with van der Waals surface area (Å²) in [6.07, 6.45) is 0.139. The highest BCUT2D eigenvalue weighted by atomic mass is 16.5. The number of hydrogen-bond donors (Lipinski definition) is 1. The molecule has 0 bridgehead atoms. The average molecular weight is 357 g/mol. The number of benzene rings is 2. The van der Waals surface area contributed by atoms with Crippen molar-refractivity contribution in [1.82, 2.24) is 5.32 Å². The van der Waals surface area contributed by atoms with Crippen LogP contribution in [0.3, 0.4) is 0 Å². The molecule has 0 saturated heterocycles. The van der Waals surface area contributed by atoms with Crippen LogP contribution in [0.15, 0.2) is 42.5 Å². The smallest absolute Gasteiger partial charge is 0.251 e. The van der Waals surface area contributed by atoms with Gasteiger partial charge in [-0.15, -0.1) is 0 Å². The summed E-state index contributed by atoms with van der Waals surface area (Å²) >= 11 is 0. The van der Waals surface area contributed by atoms with E-state index in [-0.39, 0.29) is 12.0 Å².